The highest BCUT2D eigenvalue weighted by molar-refractivity contribution is 5.90. The second-order valence-electron chi connectivity index (χ2n) is 4.76. The monoisotopic (exact) mass is 345 g/mol. The molecule has 0 aliphatic heterocycles. The van der Waals surface area contributed by atoms with Crippen molar-refractivity contribution >= 4 is 11.6 Å². The maximum Gasteiger partial charge on any atom is 0.282 e. The topological polar surface area (TPSA) is 56.1 Å². The summed E-state index contributed by atoms with van der Waals surface area (Å²) in [5.41, 5.74) is -1.10. The van der Waals surface area contributed by atoms with Crippen molar-refractivity contribution < 1.29 is 27.1 Å². The maximum atomic E-state index is 12.8. The quantitative estimate of drug-likeness (QED) is 0.777. The first kappa shape index (κ1) is 17.8. The van der Waals surface area contributed by atoms with Crippen molar-refractivity contribution in [2.45, 2.75) is 26.3 Å². The number of anilines is 1. The summed E-state index contributed by atoms with van der Waals surface area (Å²) >= 11 is 0. The highest BCUT2D eigenvalue weighted by Crippen LogP contribution is 2.25. The largest absolute Gasteiger partial charge is 0.494 e. The van der Waals surface area contributed by atoms with Gasteiger partial charge in [-0.05, 0) is 37.3 Å². The highest BCUT2D eigenvalue weighted by atomic mass is 19.3. The van der Waals surface area contributed by atoms with Crippen molar-refractivity contribution in [1.29, 1.82) is 0 Å². The van der Waals surface area contributed by atoms with Crippen LogP contribution in [0.4, 0.5) is 23.2 Å². The van der Waals surface area contributed by atoms with E-state index in [9.17, 15) is 22.4 Å². The number of carbonyl (C=O) groups is 1. The number of halogens is 4. The fourth-order valence-electron chi connectivity index (χ4n) is 2.00. The number of nitrogens with one attached hydrogen (secondary N) is 1. The second-order valence-corrected chi connectivity index (χ2v) is 4.76. The Bertz CT molecular complexity index is 687. The number of amides is 1. The van der Waals surface area contributed by atoms with E-state index in [1.807, 2.05) is 6.92 Å². The van der Waals surface area contributed by atoms with Gasteiger partial charge in [0.2, 0.25) is 5.91 Å². The number of hydrogen-bond donors (Lipinski definition) is 1. The lowest BCUT2D eigenvalue weighted by Crippen LogP contribution is -2.21. The number of aromatic nitrogens is 2. The molecule has 0 bridgehead atoms. The summed E-state index contributed by atoms with van der Waals surface area (Å²) in [6, 6.07) is 7.01. The van der Waals surface area contributed by atoms with Crippen LogP contribution in [0.5, 0.6) is 5.75 Å². The van der Waals surface area contributed by atoms with Crippen molar-refractivity contribution in [3.05, 3.63) is 41.7 Å². The number of benzene rings is 1. The van der Waals surface area contributed by atoms with Gasteiger partial charge in [0.25, 0.3) is 12.9 Å². The minimum atomic E-state index is -3.01. The molecule has 130 valence electrons. The molecule has 0 unspecified atom stereocenters. The third-order valence-electron chi connectivity index (χ3n) is 3.02. The maximum absolute atomic E-state index is 12.8. The molecule has 0 fully saturated rings. The van der Waals surface area contributed by atoms with E-state index < -0.39 is 36.7 Å². The summed E-state index contributed by atoms with van der Waals surface area (Å²) in [5, 5.41) is 5.83. The predicted octanol–water partition coefficient (Wildman–Crippen LogP) is 3.80. The summed E-state index contributed by atoms with van der Waals surface area (Å²) in [6.45, 7) is 1.72. The third kappa shape index (κ3) is 4.46. The van der Waals surface area contributed by atoms with Crippen LogP contribution in [-0.2, 0) is 11.3 Å². The lowest BCUT2D eigenvalue weighted by molar-refractivity contribution is -0.117. The highest BCUT2D eigenvalue weighted by Gasteiger charge is 2.22. The van der Waals surface area contributed by atoms with Crippen LogP contribution >= 0.6 is 0 Å². The zero-order valence-corrected chi connectivity index (χ0v) is 12.7. The van der Waals surface area contributed by atoms with Gasteiger partial charge in [-0.2, -0.15) is 5.10 Å². The summed E-state index contributed by atoms with van der Waals surface area (Å²) in [7, 11) is 0. The molecule has 0 atom stereocenters. The van der Waals surface area contributed by atoms with Gasteiger partial charge in [-0.3, -0.25) is 9.48 Å². The number of rotatable bonds is 7. The van der Waals surface area contributed by atoms with Crippen LogP contribution in [-0.4, -0.2) is 22.3 Å². The minimum absolute atomic E-state index is 0.420. The molecule has 2 aromatic rings. The van der Waals surface area contributed by atoms with Crippen LogP contribution in [0.2, 0.25) is 0 Å². The van der Waals surface area contributed by atoms with Crippen LogP contribution in [0.25, 0.3) is 0 Å². The van der Waals surface area contributed by atoms with Crippen molar-refractivity contribution in [2.24, 2.45) is 0 Å². The van der Waals surface area contributed by atoms with Crippen LogP contribution < -0.4 is 10.1 Å². The molecule has 24 heavy (non-hydrogen) atoms. The van der Waals surface area contributed by atoms with Gasteiger partial charge in [0, 0.05) is 5.69 Å². The molecule has 0 radical (unpaired) electrons. The molecule has 5 nitrogen and oxygen atoms in total. The van der Waals surface area contributed by atoms with Gasteiger partial charge in [0.05, 0.1) is 6.61 Å². The fourth-order valence-corrected chi connectivity index (χ4v) is 2.00. The molecule has 0 saturated carbocycles. The van der Waals surface area contributed by atoms with Gasteiger partial charge in [-0.1, -0.05) is 0 Å². The molecule has 0 aliphatic carbocycles. The van der Waals surface area contributed by atoms with Crippen LogP contribution in [0, 0.1) is 0 Å². The van der Waals surface area contributed by atoms with E-state index in [4.69, 9.17) is 4.74 Å². The SMILES string of the molecule is CCOc1ccc(NC(=O)Cn2nc(C(F)F)cc2C(F)F)cc1. The van der Waals surface area contributed by atoms with Crippen LogP contribution in [0.3, 0.4) is 0 Å². The van der Waals surface area contributed by atoms with Gasteiger partial charge < -0.3 is 10.1 Å². The summed E-state index contributed by atoms with van der Waals surface area (Å²) in [5.74, 6) is -0.0471. The molecule has 1 heterocycles. The van der Waals surface area contributed by atoms with Crippen molar-refractivity contribution in [3.8, 4) is 5.75 Å². The predicted molar refractivity (Wildman–Crippen MR) is 78.4 cm³/mol. The Hall–Kier alpha value is -2.58. The van der Waals surface area contributed by atoms with Gasteiger partial charge in [-0.25, -0.2) is 17.6 Å². The first-order chi connectivity index (χ1) is 11.4. The molecule has 0 saturated heterocycles. The molecule has 2 rings (SSSR count). The summed E-state index contributed by atoms with van der Waals surface area (Å²) < 4.78 is 56.7. The Morgan fingerprint density at radius 2 is 1.88 bits per heavy atom. The van der Waals surface area contributed by atoms with Crippen molar-refractivity contribution in [1.82, 2.24) is 9.78 Å². The number of nitrogens with zero attached hydrogens (tertiary/aromatic N) is 2. The fraction of sp³-hybridized carbons (Fsp3) is 0.333. The molecular formula is C15H15F4N3O2. The Morgan fingerprint density at radius 1 is 1.21 bits per heavy atom. The summed E-state index contributed by atoms with van der Waals surface area (Å²) in [6.07, 6.45) is -6.00. The van der Waals surface area contributed by atoms with Gasteiger partial charge in [-0.15, -0.1) is 0 Å². The van der Waals surface area contributed by atoms with Crippen LogP contribution in [0.15, 0.2) is 30.3 Å². The molecule has 0 aliphatic rings. The summed E-state index contributed by atoms with van der Waals surface area (Å²) in [4.78, 5) is 11.9. The first-order valence-corrected chi connectivity index (χ1v) is 7.07. The minimum Gasteiger partial charge on any atom is -0.494 e. The van der Waals surface area contributed by atoms with E-state index >= 15 is 0 Å². The van der Waals surface area contributed by atoms with Crippen molar-refractivity contribution in [2.75, 3.05) is 11.9 Å². The van der Waals surface area contributed by atoms with Gasteiger partial charge >= 0.3 is 0 Å². The molecule has 9 heteroatoms. The molecule has 1 amide bonds. The molecule has 1 aromatic heterocycles. The van der Waals surface area contributed by atoms with E-state index in [0.717, 1.165) is 0 Å². The molecular weight excluding hydrogens is 330 g/mol. The number of hydrogen-bond acceptors (Lipinski definition) is 3. The Balaban J connectivity index is 2.06. The van der Waals surface area contributed by atoms with Crippen LogP contribution in [0.1, 0.15) is 31.2 Å². The molecule has 0 spiro atoms. The Labute approximate surface area is 135 Å². The second kappa shape index (κ2) is 7.80. The van der Waals surface area contributed by atoms with Gasteiger partial charge in [0.1, 0.15) is 23.7 Å². The zero-order valence-electron chi connectivity index (χ0n) is 12.7. The Morgan fingerprint density at radius 3 is 2.42 bits per heavy atom. The number of alkyl halides is 4. The van der Waals surface area contributed by atoms with E-state index in [0.29, 0.717) is 28.8 Å². The van der Waals surface area contributed by atoms with E-state index in [1.165, 1.54) is 0 Å². The first-order valence-electron chi connectivity index (χ1n) is 7.07. The average molecular weight is 345 g/mol. The van der Waals surface area contributed by atoms with E-state index in [1.54, 1.807) is 24.3 Å². The number of ether oxygens (including phenoxy) is 1. The number of carbonyl (C=O) groups excluding carboxylic acids is 1. The third-order valence-corrected chi connectivity index (χ3v) is 3.02. The molecule has 1 aromatic carbocycles. The van der Waals surface area contributed by atoms with E-state index in [2.05, 4.69) is 10.4 Å². The standard InChI is InChI=1S/C15H15F4N3O2/c1-2-24-10-5-3-9(4-6-10)20-13(23)8-22-12(15(18)19)7-11(21-22)14(16)17/h3-7,14-15H,2,8H2,1H3,(H,20,23). The Kier molecular flexibility index (Phi) is 5.78. The van der Waals surface area contributed by atoms with E-state index in [-0.39, 0.29) is 0 Å². The zero-order chi connectivity index (χ0) is 17.7. The lowest BCUT2D eigenvalue weighted by atomic mass is 10.3. The van der Waals surface area contributed by atoms with Gasteiger partial charge in [0.15, 0.2) is 0 Å². The molecule has 1 N–H and O–H groups in total. The normalized spacial score (nSPS) is 11.1. The average Bonchev–Trinajstić information content (AvgIpc) is 2.94. The smallest absolute Gasteiger partial charge is 0.282 e. The lowest BCUT2D eigenvalue weighted by Gasteiger charge is -2.09. The van der Waals surface area contributed by atoms with Crippen molar-refractivity contribution in [3.63, 3.8) is 0 Å².